The second-order valence-corrected chi connectivity index (χ2v) is 5.35. The number of rotatable bonds is 3. The SMILES string of the molecule is NCC1(CC(=O)O)C[C@H]2CCCCC[C@H]21. The average molecular weight is 211 g/mol. The monoisotopic (exact) mass is 211 g/mol. The third kappa shape index (κ3) is 1.89. The Morgan fingerprint density at radius 3 is 2.73 bits per heavy atom. The van der Waals surface area contributed by atoms with Crippen molar-refractivity contribution in [1.29, 1.82) is 0 Å². The van der Waals surface area contributed by atoms with E-state index in [1.165, 1.54) is 32.1 Å². The molecule has 0 radical (unpaired) electrons. The molecular weight excluding hydrogens is 190 g/mol. The highest BCUT2D eigenvalue weighted by Crippen LogP contribution is 2.57. The van der Waals surface area contributed by atoms with Gasteiger partial charge in [0.05, 0.1) is 6.42 Å². The van der Waals surface area contributed by atoms with Gasteiger partial charge in [-0.2, -0.15) is 0 Å². The number of carbonyl (C=O) groups is 1. The molecule has 0 bridgehead atoms. The summed E-state index contributed by atoms with van der Waals surface area (Å²) in [6.45, 7) is 0.556. The smallest absolute Gasteiger partial charge is 0.303 e. The number of carboxylic acids is 1. The van der Waals surface area contributed by atoms with E-state index in [4.69, 9.17) is 10.8 Å². The molecule has 0 aromatic carbocycles. The molecule has 3 nitrogen and oxygen atoms in total. The summed E-state index contributed by atoms with van der Waals surface area (Å²) < 4.78 is 0. The molecule has 0 aliphatic heterocycles. The lowest BCUT2D eigenvalue weighted by Crippen LogP contribution is -2.53. The van der Waals surface area contributed by atoms with Crippen molar-refractivity contribution in [3.8, 4) is 0 Å². The average Bonchev–Trinajstić information content (AvgIpc) is 2.36. The molecule has 0 aromatic rings. The van der Waals surface area contributed by atoms with Crippen LogP contribution in [0.1, 0.15) is 44.9 Å². The second-order valence-electron chi connectivity index (χ2n) is 5.35. The number of fused-ring (bicyclic) bond motifs is 1. The first kappa shape index (κ1) is 10.9. The molecule has 2 saturated carbocycles. The summed E-state index contributed by atoms with van der Waals surface area (Å²) in [6.07, 6.45) is 7.75. The van der Waals surface area contributed by atoms with E-state index in [1.54, 1.807) is 0 Å². The van der Waals surface area contributed by atoms with Crippen LogP contribution in [0.3, 0.4) is 0 Å². The maximum Gasteiger partial charge on any atom is 0.303 e. The van der Waals surface area contributed by atoms with Gasteiger partial charge in [-0.1, -0.05) is 25.7 Å². The van der Waals surface area contributed by atoms with Crippen molar-refractivity contribution in [2.24, 2.45) is 23.0 Å². The van der Waals surface area contributed by atoms with Crippen LogP contribution in [0.15, 0.2) is 0 Å². The lowest BCUT2D eigenvalue weighted by Gasteiger charge is -2.54. The third-order valence-corrected chi connectivity index (χ3v) is 4.52. The second kappa shape index (κ2) is 4.12. The molecule has 1 unspecified atom stereocenters. The summed E-state index contributed by atoms with van der Waals surface area (Å²) >= 11 is 0. The quantitative estimate of drug-likeness (QED) is 0.750. The number of nitrogens with two attached hydrogens (primary N) is 1. The van der Waals surface area contributed by atoms with Gasteiger partial charge in [-0.05, 0) is 36.6 Å². The topological polar surface area (TPSA) is 63.3 Å². The van der Waals surface area contributed by atoms with Gasteiger partial charge < -0.3 is 10.8 Å². The Kier molecular flexibility index (Phi) is 3.01. The summed E-state index contributed by atoms with van der Waals surface area (Å²) in [4.78, 5) is 10.9. The molecule has 2 aliphatic carbocycles. The minimum Gasteiger partial charge on any atom is -0.481 e. The fourth-order valence-corrected chi connectivity index (χ4v) is 3.76. The molecule has 2 fully saturated rings. The molecule has 0 spiro atoms. The van der Waals surface area contributed by atoms with Crippen molar-refractivity contribution in [2.45, 2.75) is 44.9 Å². The van der Waals surface area contributed by atoms with Crippen LogP contribution < -0.4 is 5.73 Å². The summed E-state index contributed by atoms with van der Waals surface area (Å²) in [7, 11) is 0. The van der Waals surface area contributed by atoms with Crippen molar-refractivity contribution in [2.75, 3.05) is 6.54 Å². The van der Waals surface area contributed by atoms with Gasteiger partial charge in [0.15, 0.2) is 0 Å². The van der Waals surface area contributed by atoms with Crippen LogP contribution in [0.5, 0.6) is 0 Å². The molecule has 3 atom stereocenters. The zero-order valence-corrected chi connectivity index (χ0v) is 9.24. The molecule has 0 aromatic heterocycles. The van der Waals surface area contributed by atoms with Gasteiger partial charge in [-0.15, -0.1) is 0 Å². The number of hydrogen-bond acceptors (Lipinski definition) is 2. The highest BCUT2D eigenvalue weighted by atomic mass is 16.4. The van der Waals surface area contributed by atoms with Crippen molar-refractivity contribution in [1.82, 2.24) is 0 Å². The van der Waals surface area contributed by atoms with E-state index in [9.17, 15) is 4.79 Å². The molecule has 0 amide bonds. The first-order chi connectivity index (χ1) is 7.18. The van der Waals surface area contributed by atoms with Gasteiger partial charge in [0.25, 0.3) is 0 Å². The van der Waals surface area contributed by atoms with Crippen LogP contribution >= 0.6 is 0 Å². The Hall–Kier alpha value is -0.570. The largest absolute Gasteiger partial charge is 0.481 e. The molecule has 3 N–H and O–H groups in total. The summed E-state index contributed by atoms with van der Waals surface area (Å²) in [6, 6.07) is 0. The molecule has 15 heavy (non-hydrogen) atoms. The number of aliphatic carboxylic acids is 1. The fraction of sp³-hybridized carbons (Fsp3) is 0.917. The highest BCUT2D eigenvalue weighted by molar-refractivity contribution is 5.68. The van der Waals surface area contributed by atoms with Crippen molar-refractivity contribution >= 4 is 5.97 Å². The standard InChI is InChI=1S/C12H21NO2/c13-8-12(7-11(14)15)6-9-4-2-1-3-5-10(9)12/h9-10H,1-8,13H2,(H,14,15)/t9-,10-,12?/m1/s1. The van der Waals surface area contributed by atoms with E-state index in [0.29, 0.717) is 12.5 Å². The lowest BCUT2D eigenvalue weighted by molar-refractivity contribution is -0.146. The molecule has 0 saturated heterocycles. The van der Waals surface area contributed by atoms with Crippen LogP contribution in [0.4, 0.5) is 0 Å². The first-order valence-corrected chi connectivity index (χ1v) is 6.10. The van der Waals surface area contributed by atoms with Gasteiger partial charge in [0.1, 0.15) is 0 Å². The van der Waals surface area contributed by atoms with E-state index in [0.717, 1.165) is 12.3 Å². The number of carboxylic acid groups (broad SMARTS) is 1. The molecule has 3 heteroatoms. The van der Waals surface area contributed by atoms with Gasteiger partial charge in [0, 0.05) is 0 Å². The van der Waals surface area contributed by atoms with Crippen LogP contribution in [0, 0.1) is 17.3 Å². The Morgan fingerprint density at radius 2 is 2.07 bits per heavy atom. The zero-order chi connectivity index (χ0) is 10.9. The predicted octanol–water partition coefficient (Wildman–Crippen LogP) is 2.01. The molecule has 2 aliphatic rings. The van der Waals surface area contributed by atoms with E-state index < -0.39 is 5.97 Å². The Labute approximate surface area is 91.0 Å². The van der Waals surface area contributed by atoms with Crippen molar-refractivity contribution in [3.05, 3.63) is 0 Å². The van der Waals surface area contributed by atoms with E-state index in [-0.39, 0.29) is 11.8 Å². The maximum atomic E-state index is 10.9. The van der Waals surface area contributed by atoms with Gasteiger partial charge in [0.2, 0.25) is 0 Å². The highest BCUT2D eigenvalue weighted by Gasteiger charge is 2.53. The van der Waals surface area contributed by atoms with Crippen molar-refractivity contribution in [3.63, 3.8) is 0 Å². The normalized spacial score (nSPS) is 40.1. The van der Waals surface area contributed by atoms with Crippen molar-refractivity contribution < 1.29 is 9.90 Å². The minimum atomic E-state index is -0.678. The summed E-state index contributed by atoms with van der Waals surface area (Å²) in [5.74, 6) is 0.694. The van der Waals surface area contributed by atoms with Gasteiger partial charge in [-0.3, -0.25) is 4.79 Å². The lowest BCUT2D eigenvalue weighted by atomic mass is 9.51. The fourth-order valence-electron chi connectivity index (χ4n) is 3.76. The summed E-state index contributed by atoms with van der Waals surface area (Å²) in [5, 5.41) is 8.95. The maximum absolute atomic E-state index is 10.9. The summed E-state index contributed by atoms with van der Waals surface area (Å²) in [5.41, 5.74) is 5.76. The van der Waals surface area contributed by atoms with Gasteiger partial charge >= 0.3 is 5.97 Å². The Bertz CT molecular complexity index is 254. The minimum absolute atomic E-state index is 0.0547. The van der Waals surface area contributed by atoms with Crippen LogP contribution in [0.2, 0.25) is 0 Å². The third-order valence-electron chi connectivity index (χ3n) is 4.52. The first-order valence-electron chi connectivity index (χ1n) is 6.10. The van der Waals surface area contributed by atoms with E-state index >= 15 is 0 Å². The molecule has 0 heterocycles. The van der Waals surface area contributed by atoms with E-state index in [2.05, 4.69) is 0 Å². The Morgan fingerprint density at radius 1 is 1.33 bits per heavy atom. The predicted molar refractivity (Wildman–Crippen MR) is 58.4 cm³/mol. The molecule has 2 rings (SSSR count). The Balaban J connectivity index is 2.05. The molecular formula is C12H21NO2. The van der Waals surface area contributed by atoms with E-state index in [1.807, 2.05) is 0 Å². The van der Waals surface area contributed by atoms with Crippen LogP contribution in [-0.4, -0.2) is 17.6 Å². The van der Waals surface area contributed by atoms with Gasteiger partial charge in [-0.25, -0.2) is 0 Å². The zero-order valence-electron chi connectivity index (χ0n) is 9.24. The van der Waals surface area contributed by atoms with Crippen LogP contribution in [-0.2, 0) is 4.79 Å². The molecule has 86 valence electrons. The number of hydrogen-bond donors (Lipinski definition) is 2. The van der Waals surface area contributed by atoms with Crippen LogP contribution in [0.25, 0.3) is 0 Å².